The molecule has 32 heavy (non-hydrogen) atoms. The molecule has 0 unspecified atom stereocenters. The molecular weight excluding hydrogens is 452 g/mol. The molecule has 8 heteroatoms. The van der Waals surface area contributed by atoms with Crippen molar-refractivity contribution in [1.29, 1.82) is 0 Å². The van der Waals surface area contributed by atoms with Gasteiger partial charge in [0.2, 0.25) is 5.75 Å². The van der Waals surface area contributed by atoms with Gasteiger partial charge in [0.25, 0.3) is 0 Å². The summed E-state index contributed by atoms with van der Waals surface area (Å²) in [6, 6.07) is 2.66. The number of pyridine rings is 1. The Morgan fingerprint density at radius 2 is 2.03 bits per heavy atom. The summed E-state index contributed by atoms with van der Waals surface area (Å²) in [6.45, 7) is 10.2. The first-order chi connectivity index (χ1) is 15.1. The van der Waals surface area contributed by atoms with Gasteiger partial charge in [0.15, 0.2) is 11.4 Å². The van der Waals surface area contributed by atoms with Gasteiger partial charge in [-0.3, -0.25) is 4.90 Å². The van der Waals surface area contributed by atoms with Gasteiger partial charge in [-0.25, -0.2) is 9.37 Å². The molecule has 1 atom stereocenters. The van der Waals surface area contributed by atoms with Crippen LogP contribution in [-0.4, -0.2) is 28.5 Å². The van der Waals surface area contributed by atoms with E-state index in [9.17, 15) is 4.39 Å². The molecule has 0 amide bonds. The molecule has 0 saturated heterocycles. The van der Waals surface area contributed by atoms with Crippen LogP contribution in [0.1, 0.15) is 51.3 Å². The van der Waals surface area contributed by atoms with E-state index >= 15 is 0 Å². The molecule has 1 aliphatic rings. The zero-order valence-electron chi connectivity index (χ0n) is 18.5. The summed E-state index contributed by atoms with van der Waals surface area (Å²) in [5, 5.41) is 1.03. The first kappa shape index (κ1) is 22.9. The molecule has 3 aromatic rings. The maximum atomic E-state index is 14.0. The number of nitrogen functional groups attached to an aromatic ring is 1. The summed E-state index contributed by atoms with van der Waals surface area (Å²) >= 11 is 12.4. The highest BCUT2D eigenvalue weighted by molar-refractivity contribution is 6.36. The van der Waals surface area contributed by atoms with Crippen molar-refractivity contribution in [2.45, 2.75) is 45.8 Å². The Labute approximate surface area is 196 Å². The number of hydrogen-bond acceptors (Lipinski definition) is 5. The maximum Gasteiger partial charge on any atom is 0.205 e. The van der Waals surface area contributed by atoms with E-state index in [2.05, 4.69) is 36.7 Å². The lowest BCUT2D eigenvalue weighted by Gasteiger charge is -2.37. The zero-order valence-corrected chi connectivity index (χ0v) is 20.0. The van der Waals surface area contributed by atoms with E-state index in [1.165, 1.54) is 17.7 Å². The fraction of sp³-hybridized carbons (Fsp3) is 0.375. The largest absolute Gasteiger partial charge is 0.478 e. The van der Waals surface area contributed by atoms with Crippen molar-refractivity contribution in [3.8, 4) is 5.75 Å². The third-order valence-electron chi connectivity index (χ3n) is 5.89. The number of ether oxygens (including phenoxy) is 1. The molecule has 2 N–H and O–H groups in total. The van der Waals surface area contributed by atoms with Crippen molar-refractivity contribution in [3.05, 3.63) is 57.7 Å². The molecule has 0 spiro atoms. The van der Waals surface area contributed by atoms with Crippen molar-refractivity contribution in [1.82, 2.24) is 9.88 Å². The highest BCUT2D eigenvalue weighted by atomic mass is 35.5. The number of furan rings is 1. The molecule has 3 heterocycles. The van der Waals surface area contributed by atoms with Gasteiger partial charge in [-0.1, -0.05) is 29.3 Å². The number of halogens is 3. The van der Waals surface area contributed by atoms with E-state index in [-0.39, 0.29) is 22.1 Å². The van der Waals surface area contributed by atoms with Gasteiger partial charge in [-0.2, -0.15) is 0 Å². The fourth-order valence-electron chi connectivity index (χ4n) is 4.02. The molecule has 1 aromatic carbocycles. The van der Waals surface area contributed by atoms with E-state index in [1.54, 1.807) is 19.4 Å². The molecule has 5 nitrogen and oxygen atoms in total. The Hall–Kier alpha value is -2.28. The lowest BCUT2D eigenvalue weighted by Crippen LogP contribution is -2.43. The number of nitrogens with two attached hydrogens (primary N) is 1. The summed E-state index contributed by atoms with van der Waals surface area (Å²) in [4.78, 5) is 6.74. The van der Waals surface area contributed by atoms with Crippen LogP contribution in [0.2, 0.25) is 10.0 Å². The smallest absolute Gasteiger partial charge is 0.205 e. The summed E-state index contributed by atoms with van der Waals surface area (Å²) in [7, 11) is 0. The Balaban J connectivity index is 1.68. The topological polar surface area (TPSA) is 64.5 Å². The highest BCUT2D eigenvalue weighted by Gasteiger charge is 2.26. The van der Waals surface area contributed by atoms with Crippen LogP contribution in [0.5, 0.6) is 5.75 Å². The average molecular weight is 478 g/mol. The minimum atomic E-state index is -0.678. The van der Waals surface area contributed by atoms with Crippen molar-refractivity contribution in [2.24, 2.45) is 0 Å². The highest BCUT2D eigenvalue weighted by Crippen LogP contribution is 2.41. The van der Waals surface area contributed by atoms with E-state index in [0.29, 0.717) is 16.2 Å². The second kappa shape index (κ2) is 8.58. The van der Waals surface area contributed by atoms with Crippen molar-refractivity contribution in [2.75, 3.05) is 18.8 Å². The van der Waals surface area contributed by atoms with Gasteiger partial charge in [0, 0.05) is 41.0 Å². The molecule has 0 aliphatic carbocycles. The molecule has 170 valence electrons. The molecule has 1 aliphatic heterocycles. The lowest BCUT2D eigenvalue weighted by atomic mass is 9.96. The number of rotatable bonds is 4. The molecule has 0 bridgehead atoms. The van der Waals surface area contributed by atoms with Crippen LogP contribution in [-0.2, 0) is 0 Å². The van der Waals surface area contributed by atoms with Crippen LogP contribution in [0, 0.1) is 5.82 Å². The first-order valence-electron chi connectivity index (χ1n) is 10.5. The molecule has 4 rings (SSSR count). The molecular formula is C24H26Cl2FN3O2. The number of aromatic nitrogens is 1. The zero-order chi connectivity index (χ0) is 23.2. The number of anilines is 1. The predicted octanol–water partition coefficient (Wildman–Crippen LogP) is 6.88. The first-order valence-corrected chi connectivity index (χ1v) is 11.2. The predicted molar refractivity (Wildman–Crippen MR) is 128 cm³/mol. The van der Waals surface area contributed by atoms with E-state index in [4.69, 9.17) is 38.1 Å². The Morgan fingerprint density at radius 3 is 2.69 bits per heavy atom. The van der Waals surface area contributed by atoms with Gasteiger partial charge < -0.3 is 14.9 Å². The Kier molecular flexibility index (Phi) is 6.14. The van der Waals surface area contributed by atoms with E-state index in [0.717, 1.165) is 30.5 Å². The third kappa shape index (κ3) is 4.19. The Bertz CT molecular complexity index is 1200. The van der Waals surface area contributed by atoms with E-state index in [1.807, 2.05) is 0 Å². The standard InChI is InChI=1S/C24H26Cl2FN3O2/c1-13(19-17(25)5-6-18(27)20(19)26)32-22-21-15(11-29-23(22)28)16(12-31-21)14-7-9-30(10-8-14)24(2,3)4/h5-7,11-13H,8-10H2,1-4H3,(H2,28,29)/t13-/m1/s1. The van der Waals surface area contributed by atoms with Crippen LogP contribution in [0.4, 0.5) is 10.2 Å². The van der Waals surface area contributed by atoms with Crippen LogP contribution in [0.25, 0.3) is 16.5 Å². The summed E-state index contributed by atoms with van der Waals surface area (Å²) < 4.78 is 26.0. The maximum absolute atomic E-state index is 14.0. The van der Waals surface area contributed by atoms with Crippen LogP contribution >= 0.6 is 23.2 Å². The quantitative estimate of drug-likeness (QED) is 0.414. The summed E-state index contributed by atoms with van der Waals surface area (Å²) in [5.41, 5.74) is 9.24. The fourth-order valence-corrected chi connectivity index (χ4v) is 4.69. The Morgan fingerprint density at radius 1 is 1.28 bits per heavy atom. The van der Waals surface area contributed by atoms with Gasteiger partial charge in [-0.05, 0) is 51.8 Å². The van der Waals surface area contributed by atoms with Gasteiger partial charge in [-0.15, -0.1) is 0 Å². The van der Waals surface area contributed by atoms with Crippen LogP contribution < -0.4 is 10.5 Å². The minimum absolute atomic E-state index is 0.0837. The van der Waals surface area contributed by atoms with E-state index < -0.39 is 11.9 Å². The third-order valence-corrected chi connectivity index (χ3v) is 6.60. The normalized spacial score (nSPS) is 16.3. The van der Waals surface area contributed by atoms with Gasteiger partial charge >= 0.3 is 0 Å². The molecule has 0 saturated carbocycles. The number of fused-ring (bicyclic) bond motifs is 1. The molecule has 2 aromatic heterocycles. The number of nitrogens with zero attached hydrogens (tertiary/aromatic N) is 2. The summed E-state index contributed by atoms with van der Waals surface area (Å²) in [6.07, 6.45) is 5.86. The number of benzene rings is 1. The monoisotopic (exact) mass is 477 g/mol. The van der Waals surface area contributed by atoms with Crippen molar-refractivity contribution < 1.29 is 13.5 Å². The lowest BCUT2D eigenvalue weighted by molar-refractivity contribution is 0.153. The van der Waals surface area contributed by atoms with Crippen LogP contribution in [0.3, 0.4) is 0 Å². The molecule has 0 fully saturated rings. The second-order valence-electron chi connectivity index (χ2n) is 8.98. The number of hydrogen-bond donors (Lipinski definition) is 1. The van der Waals surface area contributed by atoms with Gasteiger partial charge in [0.1, 0.15) is 11.9 Å². The van der Waals surface area contributed by atoms with Gasteiger partial charge in [0.05, 0.1) is 16.7 Å². The molecule has 0 radical (unpaired) electrons. The average Bonchev–Trinajstić information content (AvgIpc) is 3.17. The summed E-state index contributed by atoms with van der Waals surface area (Å²) in [5.74, 6) is -0.115. The SMILES string of the molecule is C[C@@H](Oc1c(N)ncc2c(C3=CCN(C(C)(C)C)CC3)coc12)c1c(Cl)ccc(F)c1Cl. The van der Waals surface area contributed by atoms with Crippen molar-refractivity contribution in [3.63, 3.8) is 0 Å². The van der Waals surface area contributed by atoms with Crippen molar-refractivity contribution >= 4 is 45.6 Å². The van der Waals surface area contributed by atoms with Crippen LogP contribution in [0.15, 0.2) is 35.1 Å². The second-order valence-corrected chi connectivity index (χ2v) is 9.76. The minimum Gasteiger partial charge on any atom is -0.478 e.